The minimum absolute atomic E-state index is 0.00158. The molecule has 0 aliphatic heterocycles. The summed E-state index contributed by atoms with van der Waals surface area (Å²) in [5.74, 6) is 3.02. The summed E-state index contributed by atoms with van der Waals surface area (Å²) >= 11 is 0. The van der Waals surface area contributed by atoms with Gasteiger partial charge < -0.3 is 0 Å². The molecular weight excluding hydrogens is 721 g/mol. The molecule has 0 saturated heterocycles. The van der Waals surface area contributed by atoms with Gasteiger partial charge in [-0.3, -0.25) is 9.55 Å². The molecule has 10 aromatic rings. The molecule has 1 unspecified atom stereocenters. The molecule has 0 N–H and O–H groups in total. The molecule has 1 aliphatic carbocycles. The highest BCUT2D eigenvalue weighted by atomic mass is 15.1. The Hall–Kier alpha value is -7.83. The Morgan fingerprint density at radius 2 is 1.03 bits per heavy atom. The number of aromatic nitrogens is 6. The number of rotatable bonds is 7. The second kappa shape index (κ2) is 14.6. The molecule has 278 valence electrons. The van der Waals surface area contributed by atoms with Crippen LogP contribution in [0.1, 0.15) is 23.7 Å². The van der Waals surface area contributed by atoms with Gasteiger partial charge in [-0.25, -0.2) is 19.9 Å². The van der Waals surface area contributed by atoms with E-state index in [0.717, 1.165) is 57.0 Å². The molecule has 1 atom stereocenters. The van der Waals surface area contributed by atoms with Crippen molar-refractivity contribution in [2.45, 2.75) is 12.3 Å². The first-order valence-electron chi connectivity index (χ1n) is 19.9. The number of hydrogen-bond donors (Lipinski definition) is 0. The number of hydrogen-bond acceptors (Lipinski definition) is 5. The molecule has 1 aliphatic rings. The highest BCUT2D eigenvalue weighted by Gasteiger charge is 2.23. The number of nitrogens with zero attached hydrogens (tertiary/aromatic N) is 6. The standard InChI is InChI=1S/C53H36N6/c1-4-14-36(15-5-1)50-56-51(37-16-6-2-7-17-37)58-52(57-50)38-26-24-35(25-27-38)48-42-20-10-12-22-44(42)49(45-23-13-11-21-43(45)48)40-28-29-46-47(34-40)59(41-18-8-3-9-19-41)53(55-46)39-30-32-54-33-31-39/h1-26,28-34,38H,27H2. The molecule has 0 fully saturated rings. The van der Waals surface area contributed by atoms with Gasteiger partial charge in [-0.1, -0.05) is 152 Å². The summed E-state index contributed by atoms with van der Waals surface area (Å²) in [6, 6.07) is 59.2. The van der Waals surface area contributed by atoms with Crippen molar-refractivity contribution < 1.29 is 0 Å². The zero-order valence-electron chi connectivity index (χ0n) is 32.0. The van der Waals surface area contributed by atoms with Crippen LogP contribution in [0.3, 0.4) is 0 Å². The SMILES string of the molecule is C1=CC(c2nc(-c3ccccc3)nc(-c3ccccc3)n2)CC=C1c1c2ccccc2c(-c2ccc3nc(-c4ccncc4)n(-c4ccccc4)c3c2)c2ccccc12. The third-order valence-corrected chi connectivity index (χ3v) is 11.3. The lowest BCUT2D eigenvalue weighted by molar-refractivity contribution is 0.766. The summed E-state index contributed by atoms with van der Waals surface area (Å²) < 4.78 is 2.26. The summed E-state index contributed by atoms with van der Waals surface area (Å²) in [6.07, 6.45) is 11.3. The van der Waals surface area contributed by atoms with E-state index in [1.54, 1.807) is 0 Å². The first-order chi connectivity index (χ1) is 29.3. The van der Waals surface area contributed by atoms with Crippen molar-refractivity contribution in [2.75, 3.05) is 0 Å². The van der Waals surface area contributed by atoms with Crippen LogP contribution in [0, 0.1) is 0 Å². The summed E-state index contributed by atoms with van der Waals surface area (Å²) in [6.45, 7) is 0. The zero-order chi connectivity index (χ0) is 39.1. The maximum absolute atomic E-state index is 5.17. The quantitative estimate of drug-likeness (QED) is 0.151. The summed E-state index contributed by atoms with van der Waals surface area (Å²) in [7, 11) is 0. The van der Waals surface area contributed by atoms with E-state index in [2.05, 4.69) is 143 Å². The van der Waals surface area contributed by atoms with Gasteiger partial charge in [0.15, 0.2) is 11.6 Å². The molecule has 0 spiro atoms. The molecule has 6 nitrogen and oxygen atoms in total. The van der Waals surface area contributed by atoms with E-state index < -0.39 is 0 Å². The summed E-state index contributed by atoms with van der Waals surface area (Å²) in [4.78, 5) is 24.5. The van der Waals surface area contributed by atoms with Gasteiger partial charge in [0.1, 0.15) is 11.6 Å². The van der Waals surface area contributed by atoms with E-state index in [0.29, 0.717) is 11.6 Å². The molecule has 0 bridgehead atoms. The predicted molar refractivity (Wildman–Crippen MR) is 240 cm³/mol. The van der Waals surface area contributed by atoms with Gasteiger partial charge in [0, 0.05) is 40.7 Å². The molecule has 11 rings (SSSR count). The number of fused-ring (bicyclic) bond motifs is 3. The fourth-order valence-electron chi connectivity index (χ4n) is 8.50. The van der Waals surface area contributed by atoms with Gasteiger partial charge in [-0.05, 0) is 86.6 Å². The van der Waals surface area contributed by atoms with Crippen LogP contribution in [-0.2, 0) is 0 Å². The van der Waals surface area contributed by atoms with Gasteiger partial charge in [0.2, 0.25) is 0 Å². The van der Waals surface area contributed by atoms with Crippen molar-refractivity contribution in [1.82, 2.24) is 29.5 Å². The van der Waals surface area contributed by atoms with Gasteiger partial charge in [-0.15, -0.1) is 0 Å². The molecule has 59 heavy (non-hydrogen) atoms. The summed E-state index contributed by atoms with van der Waals surface area (Å²) in [5.41, 5.74) is 10.8. The van der Waals surface area contributed by atoms with E-state index in [-0.39, 0.29) is 5.92 Å². The first kappa shape index (κ1) is 34.4. The third kappa shape index (κ3) is 6.19. The second-order valence-corrected chi connectivity index (χ2v) is 14.8. The Labute approximate surface area is 341 Å². The molecule has 0 saturated carbocycles. The number of allylic oxidation sites excluding steroid dienone is 4. The molecule has 7 aromatic carbocycles. The van der Waals surface area contributed by atoms with Crippen LogP contribution in [0.4, 0.5) is 0 Å². The lowest BCUT2D eigenvalue weighted by Gasteiger charge is -2.21. The Kier molecular flexibility index (Phi) is 8.51. The number of benzene rings is 7. The number of para-hydroxylation sites is 1. The number of pyridine rings is 1. The second-order valence-electron chi connectivity index (χ2n) is 14.8. The van der Waals surface area contributed by atoms with E-state index in [1.807, 2.05) is 67.0 Å². The van der Waals surface area contributed by atoms with E-state index in [1.165, 1.54) is 38.2 Å². The van der Waals surface area contributed by atoms with Gasteiger partial charge in [-0.2, -0.15) is 0 Å². The van der Waals surface area contributed by atoms with Gasteiger partial charge in [0.25, 0.3) is 0 Å². The van der Waals surface area contributed by atoms with Crippen molar-refractivity contribution in [3.05, 3.63) is 212 Å². The Morgan fingerprint density at radius 3 is 1.61 bits per heavy atom. The van der Waals surface area contributed by atoms with Crippen LogP contribution in [-0.4, -0.2) is 29.5 Å². The largest absolute Gasteiger partial charge is 0.292 e. The highest BCUT2D eigenvalue weighted by molar-refractivity contribution is 6.19. The molecule has 6 heteroatoms. The van der Waals surface area contributed by atoms with Crippen LogP contribution < -0.4 is 0 Å². The van der Waals surface area contributed by atoms with Crippen LogP contribution in [0.15, 0.2) is 200 Å². The van der Waals surface area contributed by atoms with Crippen molar-refractivity contribution in [3.8, 4) is 51.0 Å². The van der Waals surface area contributed by atoms with Crippen LogP contribution in [0.2, 0.25) is 0 Å². The van der Waals surface area contributed by atoms with Crippen molar-refractivity contribution in [3.63, 3.8) is 0 Å². The molecular formula is C53H36N6. The topological polar surface area (TPSA) is 69.4 Å². The van der Waals surface area contributed by atoms with Crippen LogP contribution in [0.5, 0.6) is 0 Å². The Morgan fingerprint density at radius 1 is 0.475 bits per heavy atom. The lowest BCUT2D eigenvalue weighted by Crippen LogP contribution is -2.08. The van der Waals surface area contributed by atoms with Gasteiger partial charge >= 0.3 is 0 Å². The molecule has 0 amide bonds. The van der Waals surface area contributed by atoms with Crippen LogP contribution >= 0.6 is 0 Å². The smallest absolute Gasteiger partial charge is 0.163 e. The fourth-order valence-corrected chi connectivity index (χ4v) is 8.50. The minimum atomic E-state index is 0.00158. The Bertz CT molecular complexity index is 3110. The maximum Gasteiger partial charge on any atom is 0.163 e. The summed E-state index contributed by atoms with van der Waals surface area (Å²) in [5, 5.41) is 4.83. The predicted octanol–water partition coefficient (Wildman–Crippen LogP) is 12.7. The Balaban J connectivity index is 1.03. The first-order valence-corrected chi connectivity index (χ1v) is 19.9. The highest BCUT2D eigenvalue weighted by Crippen LogP contribution is 2.44. The van der Waals surface area contributed by atoms with Crippen molar-refractivity contribution in [1.29, 1.82) is 0 Å². The monoisotopic (exact) mass is 756 g/mol. The minimum Gasteiger partial charge on any atom is -0.292 e. The van der Waals surface area contributed by atoms with Crippen LogP contribution in [0.25, 0.3) is 89.1 Å². The average Bonchev–Trinajstić information content (AvgIpc) is 3.71. The lowest BCUT2D eigenvalue weighted by atomic mass is 9.83. The van der Waals surface area contributed by atoms with E-state index >= 15 is 0 Å². The molecule has 3 aromatic heterocycles. The normalized spacial score (nSPS) is 13.9. The van der Waals surface area contributed by atoms with E-state index in [4.69, 9.17) is 19.9 Å². The van der Waals surface area contributed by atoms with Crippen molar-refractivity contribution >= 4 is 38.2 Å². The van der Waals surface area contributed by atoms with Gasteiger partial charge in [0.05, 0.1) is 11.0 Å². The van der Waals surface area contributed by atoms with Crippen molar-refractivity contribution in [2.24, 2.45) is 0 Å². The average molecular weight is 757 g/mol. The third-order valence-electron chi connectivity index (χ3n) is 11.3. The molecule has 3 heterocycles. The fraction of sp³-hybridized carbons (Fsp3) is 0.0377. The number of imidazole rings is 1. The van der Waals surface area contributed by atoms with E-state index in [9.17, 15) is 0 Å². The zero-order valence-corrected chi connectivity index (χ0v) is 32.0. The maximum atomic E-state index is 5.17. The molecule has 0 radical (unpaired) electrons.